The molecule has 27 heavy (non-hydrogen) atoms. The van der Waals surface area contributed by atoms with E-state index in [1.54, 1.807) is 38.3 Å². The summed E-state index contributed by atoms with van der Waals surface area (Å²) >= 11 is 0. The lowest BCUT2D eigenvalue weighted by atomic mass is 9.96. The average molecular weight is 367 g/mol. The molecular weight excluding hydrogens is 346 g/mol. The van der Waals surface area contributed by atoms with Gasteiger partial charge in [-0.15, -0.1) is 0 Å². The minimum Gasteiger partial charge on any atom is -0.497 e. The lowest BCUT2D eigenvalue weighted by Crippen LogP contribution is -2.42. The van der Waals surface area contributed by atoms with Gasteiger partial charge in [0.05, 0.1) is 18.1 Å². The van der Waals surface area contributed by atoms with Gasteiger partial charge in [-0.1, -0.05) is 24.3 Å². The molecule has 140 valence electrons. The molecule has 0 radical (unpaired) electrons. The first-order valence-corrected chi connectivity index (χ1v) is 8.54. The van der Waals surface area contributed by atoms with E-state index in [1.165, 1.54) is 0 Å². The summed E-state index contributed by atoms with van der Waals surface area (Å²) in [5.41, 5.74) is -0.194. The quantitative estimate of drug-likeness (QED) is 0.699. The summed E-state index contributed by atoms with van der Waals surface area (Å²) in [6.07, 6.45) is 0.346. The lowest BCUT2D eigenvalue weighted by molar-refractivity contribution is 0.0545. The normalized spacial score (nSPS) is 13.1. The zero-order valence-electron chi connectivity index (χ0n) is 15.2. The molecule has 0 saturated carbocycles. The molecule has 0 bridgehead atoms. The van der Waals surface area contributed by atoms with E-state index >= 15 is 0 Å². The SMILES string of the molecule is COc1ccc(CC(C)(O)CNC(=O)c2cc(=O)c3ccccc3o2)cc1. The minimum absolute atomic E-state index is 0.00833. The Morgan fingerprint density at radius 2 is 1.89 bits per heavy atom. The summed E-state index contributed by atoms with van der Waals surface area (Å²) in [5.74, 6) is 0.102. The van der Waals surface area contributed by atoms with Crippen LogP contribution in [0.1, 0.15) is 23.0 Å². The number of nitrogens with one attached hydrogen (secondary N) is 1. The van der Waals surface area contributed by atoms with E-state index in [-0.39, 0.29) is 17.7 Å². The van der Waals surface area contributed by atoms with Crippen LogP contribution in [0.5, 0.6) is 5.75 Å². The number of carbonyl (C=O) groups is 1. The summed E-state index contributed by atoms with van der Waals surface area (Å²) in [4.78, 5) is 24.5. The number of hydrogen-bond donors (Lipinski definition) is 2. The van der Waals surface area contributed by atoms with Gasteiger partial charge >= 0.3 is 0 Å². The topological polar surface area (TPSA) is 88.8 Å². The highest BCUT2D eigenvalue weighted by molar-refractivity contribution is 5.93. The van der Waals surface area contributed by atoms with Gasteiger partial charge in [0, 0.05) is 19.0 Å². The summed E-state index contributed by atoms with van der Waals surface area (Å²) < 4.78 is 10.6. The van der Waals surface area contributed by atoms with Crippen LogP contribution >= 0.6 is 0 Å². The van der Waals surface area contributed by atoms with Crippen molar-refractivity contribution >= 4 is 16.9 Å². The highest BCUT2D eigenvalue weighted by Gasteiger charge is 2.23. The van der Waals surface area contributed by atoms with E-state index < -0.39 is 11.5 Å². The molecular formula is C21H21NO5. The van der Waals surface area contributed by atoms with Crippen LogP contribution in [0.15, 0.2) is 63.8 Å². The number of hydrogen-bond acceptors (Lipinski definition) is 5. The minimum atomic E-state index is -1.17. The summed E-state index contributed by atoms with van der Waals surface area (Å²) in [5, 5.41) is 13.6. The van der Waals surface area contributed by atoms with Crippen molar-refractivity contribution in [2.24, 2.45) is 0 Å². The number of aliphatic hydroxyl groups is 1. The van der Waals surface area contributed by atoms with Crippen LogP contribution in [-0.4, -0.2) is 30.3 Å². The Morgan fingerprint density at radius 3 is 2.59 bits per heavy atom. The fraction of sp³-hybridized carbons (Fsp3) is 0.238. The number of para-hydroxylation sites is 1. The molecule has 1 aromatic heterocycles. The molecule has 2 aromatic carbocycles. The van der Waals surface area contributed by atoms with E-state index in [9.17, 15) is 14.7 Å². The van der Waals surface area contributed by atoms with Gasteiger partial charge in [-0.05, 0) is 36.8 Å². The molecule has 1 unspecified atom stereocenters. The number of fused-ring (bicyclic) bond motifs is 1. The Balaban J connectivity index is 1.67. The number of ether oxygens (including phenoxy) is 1. The fourth-order valence-corrected chi connectivity index (χ4v) is 2.82. The van der Waals surface area contributed by atoms with Crippen molar-refractivity contribution in [3.63, 3.8) is 0 Å². The molecule has 6 heteroatoms. The Morgan fingerprint density at radius 1 is 1.19 bits per heavy atom. The van der Waals surface area contributed by atoms with Crippen LogP contribution in [0.4, 0.5) is 0 Å². The van der Waals surface area contributed by atoms with Crippen LogP contribution in [0.2, 0.25) is 0 Å². The first kappa shape index (κ1) is 18.7. The van der Waals surface area contributed by atoms with Crippen LogP contribution < -0.4 is 15.5 Å². The van der Waals surface area contributed by atoms with Crippen LogP contribution in [0, 0.1) is 0 Å². The molecule has 3 rings (SSSR count). The first-order chi connectivity index (χ1) is 12.9. The van der Waals surface area contributed by atoms with E-state index in [0.29, 0.717) is 17.4 Å². The van der Waals surface area contributed by atoms with Gasteiger partial charge in [0.2, 0.25) is 0 Å². The zero-order valence-corrected chi connectivity index (χ0v) is 15.2. The molecule has 1 heterocycles. The zero-order chi connectivity index (χ0) is 19.4. The standard InChI is InChI=1S/C21H21NO5/c1-21(25,12-14-7-9-15(26-2)10-8-14)13-22-20(24)19-11-17(23)16-5-3-4-6-18(16)27-19/h3-11,25H,12-13H2,1-2H3,(H,22,24). The largest absolute Gasteiger partial charge is 0.497 e. The molecule has 0 saturated heterocycles. The third-order valence-corrected chi connectivity index (χ3v) is 4.23. The van der Waals surface area contributed by atoms with Crippen molar-refractivity contribution in [3.8, 4) is 5.75 Å². The lowest BCUT2D eigenvalue weighted by Gasteiger charge is -2.23. The Hall–Kier alpha value is -3.12. The Bertz CT molecular complexity index is 1010. The molecule has 0 aliphatic carbocycles. The van der Waals surface area contributed by atoms with Crippen molar-refractivity contribution < 1.29 is 19.1 Å². The van der Waals surface area contributed by atoms with Gasteiger partial charge in [0.25, 0.3) is 5.91 Å². The molecule has 0 aliphatic heterocycles. The van der Waals surface area contributed by atoms with E-state index in [2.05, 4.69) is 5.32 Å². The second-order valence-corrected chi connectivity index (χ2v) is 6.68. The summed E-state index contributed by atoms with van der Waals surface area (Å²) in [6, 6.07) is 15.2. The van der Waals surface area contributed by atoms with Gasteiger partial charge < -0.3 is 19.6 Å². The highest BCUT2D eigenvalue weighted by atomic mass is 16.5. The number of benzene rings is 2. The molecule has 3 aromatic rings. The van der Waals surface area contributed by atoms with Crippen LogP contribution in [-0.2, 0) is 6.42 Å². The fourth-order valence-electron chi connectivity index (χ4n) is 2.82. The van der Waals surface area contributed by atoms with Gasteiger partial charge in [0.15, 0.2) is 11.2 Å². The predicted molar refractivity (Wildman–Crippen MR) is 102 cm³/mol. The van der Waals surface area contributed by atoms with Crippen molar-refractivity contribution in [2.45, 2.75) is 18.9 Å². The van der Waals surface area contributed by atoms with Crippen molar-refractivity contribution in [1.82, 2.24) is 5.32 Å². The molecule has 2 N–H and O–H groups in total. The van der Waals surface area contributed by atoms with E-state index in [0.717, 1.165) is 17.4 Å². The number of methoxy groups -OCH3 is 1. The van der Waals surface area contributed by atoms with E-state index in [1.807, 2.05) is 24.3 Å². The van der Waals surface area contributed by atoms with Gasteiger partial charge in [-0.3, -0.25) is 9.59 Å². The van der Waals surface area contributed by atoms with Gasteiger partial charge in [0.1, 0.15) is 11.3 Å². The maximum atomic E-state index is 12.4. The average Bonchev–Trinajstić information content (AvgIpc) is 2.66. The Kier molecular flexibility index (Phi) is 5.28. The van der Waals surface area contributed by atoms with Gasteiger partial charge in [-0.25, -0.2) is 0 Å². The number of rotatable bonds is 6. The van der Waals surface area contributed by atoms with Crippen molar-refractivity contribution in [2.75, 3.05) is 13.7 Å². The summed E-state index contributed by atoms with van der Waals surface area (Å²) in [7, 11) is 1.59. The predicted octanol–water partition coefficient (Wildman–Crippen LogP) is 2.53. The molecule has 0 aliphatic rings. The Labute approximate surface area is 156 Å². The third-order valence-electron chi connectivity index (χ3n) is 4.23. The molecule has 0 fully saturated rings. The molecule has 0 spiro atoms. The summed E-state index contributed by atoms with van der Waals surface area (Å²) in [6.45, 7) is 1.64. The number of carbonyl (C=O) groups excluding carboxylic acids is 1. The second-order valence-electron chi connectivity index (χ2n) is 6.68. The molecule has 1 amide bonds. The van der Waals surface area contributed by atoms with Crippen LogP contribution in [0.3, 0.4) is 0 Å². The molecule has 1 atom stereocenters. The maximum absolute atomic E-state index is 12.4. The number of amides is 1. The third kappa shape index (κ3) is 4.54. The monoisotopic (exact) mass is 367 g/mol. The van der Waals surface area contributed by atoms with E-state index in [4.69, 9.17) is 9.15 Å². The highest BCUT2D eigenvalue weighted by Crippen LogP contribution is 2.17. The van der Waals surface area contributed by atoms with Crippen molar-refractivity contribution in [3.05, 3.63) is 76.1 Å². The maximum Gasteiger partial charge on any atom is 0.287 e. The first-order valence-electron chi connectivity index (χ1n) is 8.54. The van der Waals surface area contributed by atoms with Gasteiger partial charge in [-0.2, -0.15) is 0 Å². The van der Waals surface area contributed by atoms with Crippen molar-refractivity contribution in [1.29, 1.82) is 0 Å². The molecule has 6 nitrogen and oxygen atoms in total. The van der Waals surface area contributed by atoms with Crippen LogP contribution in [0.25, 0.3) is 11.0 Å². The second kappa shape index (κ2) is 7.63. The smallest absolute Gasteiger partial charge is 0.287 e.